The number of carbonyl (C=O) groups is 2. The zero-order chi connectivity index (χ0) is 16.2. The molecule has 0 radical (unpaired) electrons. The minimum Gasteiger partial charge on any atom is -0.494 e. The number of ether oxygens (including phenoxy) is 2. The normalized spacial score (nSPS) is 10.1. The van der Waals surface area contributed by atoms with Gasteiger partial charge in [0.15, 0.2) is 0 Å². The van der Waals surface area contributed by atoms with Crippen molar-refractivity contribution in [3.05, 3.63) is 29.8 Å². The number of rotatable bonds is 10. The Hall–Kier alpha value is -2.04. The van der Waals surface area contributed by atoms with Crippen LogP contribution in [0.2, 0.25) is 0 Å². The van der Waals surface area contributed by atoms with Crippen molar-refractivity contribution < 1.29 is 19.1 Å². The molecular weight excluding hydrogens is 282 g/mol. The SMILES string of the molecule is CCCCCCOc1ccc(C(=O)NCC(=O)OCC)cc1. The molecular formula is C17H25NO4. The van der Waals surface area contributed by atoms with E-state index < -0.39 is 5.97 Å². The lowest BCUT2D eigenvalue weighted by Gasteiger charge is -2.08. The highest BCUT2D eigenvalue weighted by Gasteiger charge is 2.08. The lowest BCUT2D eigenvalue weighted by molar-refractivity contribution is -0.141. The molecule has 122 valence electrons. The Morgan fingerprint density at radius 1 is 1.05 bits per heavy atom. The molecule has 1 aromatic rings. The Morgan fingerprint density at radius 2 is 1.77 bits per heavy atom. The van der Waals surface area contributed by atoms with Gasteiger partial charge < -0.3 is 14.8 Å². The lowest BCUT2D eigenvalue weighted by atomic mass is 10.2. The quantitative estimate of drug-likeness (QED) is 0.533. The maximum atomic E-state index is 11.8. The summed E-state index contributed by atoms with van der Waals surface area (Å²) >= 11 is 0. The van der Waals surface area contributed by atoms with Gasteiger partial charge in [-0.05, 0) is 37.6 Å². The van der Waals surface area contributed by atoms with Gasteiger partial charge in [0.1, 0.15) is 12.3 Å². The van der Waals surface area contributed by atoms with Crippen molar-refractivity contribution in [1.29, 1.82) is 0 Å². The van der Waals surface area contributed by atoms with Crippen LogP contribution in [0.1, 0.15) is 49.9 Å². The highest BCUT2D eigenvalue weighted by Crippen LogP contribution is 2.13. The molecule has 0 aliphatic carbocycles. The molecule has 0 aromatic heterocycles. The summed E-state index contributed by atoms with van der Waals surface area (Å²) in [6, 6.07) is 6.89. The van der Waals surface area contributed by atoms with Crippen LogP contribution in [-0.2, 0) is 9.53 Å². The third kappa shape index (κ3) is 7.11. The molecule has 0 aliphatic rings. The molecule has 0 atom stereocenters. The van der Waals surface area contributed by atoms with Gasteiger partial charge >= 0.3 is 5.97 Å². The second-order valence-corrected chi connectivity index (χ2v) is 4.92. The molecule has 5 heteroatoms. The van der Waals surface area contributed by atoms with Gasteiger partial charge in [0.2, 0.25) is 0 Å². The van der Waals surface area contributed by atoms with Crippen LogP contribution in [-0.4, -0.2) is 31.6 Å². The van der Waals surface area contributed by atoms with E-state index in [1.807, 2.05) is 0 Å². The van der Waals surface area contributed by atoms with Gasteiger partial charge in [-0.2, -0.15) is 0 Å². The van der Waals surface area contributed by atoms with Crippen LogP contribution in [0.15, 0.2) is 24.3 Å². The molecule has 0 aliphatic heterocycles. The van der Waals surface area contributed by atoms with Crippen LogP contribution in [0.5, 0.6) is 5.75 Å². The third-order valence-corrected chi connectivity index (χ3v) is 3.08. The van der Waals surface area contributed by atoms with E-state index in [-0.39, 0.29) is 12.5 Å². The minimum absolute atomic E-state index is 0.123. The summed E-state index contributed by atoms with van der Waals surface area (Å²) in [5, 5.41) is 2.52. The van der Waals surface area contributed by atoms with Gasteiger partial charge in [0, 0.05) is 5.56 Å². The third-order valence-electron chi connectivity index (χ3n) is 3.08. The van der Waals surface area contributed by atoms with Crippen LogP contribution in [0.25, 0.3) is 0 Å². The summed E-state index contributed by atoms with van der Waals surface area (Å²) in [6.07, 6.45) is 4.64. The smallest absolute Gasteiger partial charge is 0.325 e. The predicted molar refractivity (Wildman–Crippen MR) is 85.0 cm³/mol. The average molecular weight is 307 g/mol. The van der Waals surface area contributed by atoms with Gasteiger partial charge in [0.25, 0.3) is 5.91 Å². The molecule has 0 saturated heterocycles. The number of hydrogen-bond acceptors (Lipinski definition) is 4. The zero-order valence-electron chi connectivity index (χ0n) is 13.4. The molecule has 22 heavy (non-hydrogen) atoms. The van der Waals surface area contributed by atoms with Crippen molar-refractivity contribution in [1.82, 2.24) is 5.32 Å². The van der Waals surface area contributed by atoms with Crippen molar-refractivity contribution in [3.63, 3.8) is 0 Å². The molecule has 0 bridgehead atoms. The molecule has 1 amide bonds. The molecule has 0 heterocycles. The van der Waals surface area contributed by atoms with Gasteiger partial charge in [-0.1, -0.05) is 26.2 Å². The second-order valence-electron chi connectivity index (χ2n) is 4.92. The molecule has 5 nitrogen and oxygen atoms in total. The maximum absolute atomic E-state index is 11.8. The van der Waals surface area contributed by atoms with E-state index in [1.165, 1.54) is 19.3 Å². The minimum atomic E-state index is -0.442. The Balaban J connectivity index is 2.34. The fourth-order valence-electron chi connectivity index (χ4n) is 1.89. The highest BCUT2D eigenvalue weighted by atomic mass is 16.5. The zero-order valence-corrected chi connectivity index (χ0v) is 13.4. The summed E-state index contributed by atoms with van der Waals surface area (Å²) in [6.45, 7) is 4.77. The van der Waals surface area contributed by atoms with E-state index in [2.05, 4.69) is 12.2 Å². The van der Waals surface area contributed by atoms with Gasteiger partial charge in [0.05, 0.1) is 13.2 Å². The molecule has 1 aromatic carbocycles. The first kappa shape index (κ1) is 18.0. The van der Waals surface area contributed by atoms with Crippen LogP contribution in [0, 0.1) is 0 Å². The van der Waals surface area contributed by atoms with Gasteiger partial charge in [-0.25, -0.2) is 0 Å². The molecule has 1 N–H and O–H groups in total. The van der Waals surface area contributed by atoms with Crippen molar-refractivity contribution in [2.45, 2.75) is 39.5 Å². The number of benzene rings is 1. The van der Waals surface area contributed by atoms with Crippen molar-refractivity contribution in [3.8, 4) is 5.75 Å². The maximum Gasteiger partial charge on any atom is 0.325 e. The standard InChI is InChI=1S/C17H25NO4/c1-3-5-6-7-12-22-15-10-8-14(9-11-15)17(20)18-13-16(19)21-4-2/h8-11H,3-7,12-13H2,1-2H3,(H,18,20). The number of unbranched alkanes of at least 4 members (excludes halogenated alkanes) is 3. The Bertz CT molecular complexity index is 456. The second kappa shape index (κ2) is 10.7. The summed E-state index contributed by atoms with van der Waals surface area (Å²) < 4.78 is 10.4. The summed E-state index contributed by atoms with van der Waals surface area (Å²) in [5.74, 6) is 0.00359. The van der Waals surface area contributed by atoms with Crippen LogP contribution < -0.4 is 10.1 Å². The fraction of sp³-hybridized carbons (Fsp3) is 0.529. The van der Waals surface area contributed by atoms with Crippen LogP contribution >= 0.6 is 0 Å². The number of carbonyl (C=O) groups excluding carboxylic acids is 2. The molecule has 0 spiro atoms. The average Bonchev–Trinajstić information content (AvgIpc) is 2.53. The van der Waals surface area contributed by atoms with Crippen molar-refractivity contribution >= 4 is 11.9 Å². The highest BCUT2D eigenvalue weighted by molar-refractivity contribution is 5.95. The van der Waals surface area contributed by atoms with E-state index in [9.17, 15) is 9.59 Å². The van der Waals surface area contributed by atoms with E-state index in [4.69, 9.17) is 9.47 Å². The Kier molecular flexibility index (Phi) is 8.72. The molecule has 0 fully saturated rings. The Morgan fingerprint density at radius 3 is 2.41 bits per heavy atom. The van der Waals surface area contributed by atoms with Crippen LogP contribution in [0.3, 0.4) is 0 Å². The van der Waals surface area contributed by atoms with E-state index in [0.29, 0.717) is 18.8 Å². The summed E-state index contributed by atoms with van der Waals surface area (Å²) in [5.41, 5.74) is 0.489. The predicted octanol–water partition coefficient (Wildman–Crippen LogP) is 2.94. The summed E-state index contributed by atoms with van der Waals surface area (Å²) in [7, 11) is 0. The fourth-order valence-corrected chi connectivity index (χ4v) is 1.89. The number of esters is 1. The molecule has 0 saturated carbocycles. The Labute approximate surface area is 132 Å². The van der Waals surface area contributed by atoms with Gasteiger partial charge in [-0.15, -0.1) is 0 Å². The first-order valence-corrected chi connectivity index (χ1v) is 7.84. The first-order chi connectivity index (χ1) is 10.7. The van der Waals surface area contributed by atoms with E-state index in [0.717, 1.165) is 12.2 Å². The van der Waals surface area contributed by atoms with E-state index in [1.54, 1.807) is 31.2 Å². The largest absolute Gasteiger partial charge is 0.494 e. The molecule has 0 unspecified atom stereocenters. The topological polar surface area (TPSA) is 64.6 Å². The van der Waals surface area contributed by atoms with Crippen molar-refractivity contribution in [2.24, 2.45) is 0 Å². The number of nitrogens with one attached hydrogen (secondary N) is 1. The summed E-state index contributed by atoms with van der Waals surface area (Å²) in [4.78, 5) is 23.0. The molecule has 1 rings (SSSR count). The van der Waals surface area contributed by atoms with E-state index >= 15 is 0 Å². The number of amides is 1. The van der Waals surface area contributed by atoms with Crippen LogP contribution in [0.4, 0.5) is 0 Å². The first-order valence-electron chi connectivity index (χ1n) is 7.84. The monoisotopic (exact) mass is 307 g/mol. The van der Waals surface area contributed by atoms with Crippen molar-refractivity contribution in [2.75, 3.05) is 19.8 Å². The number of hydrogen-bond donors (Lipinski definition) is 1. The lowest BCUT2D eigenvalue weighted by Crippen LogP contribution is -2.30. The van der Waals surface area contributed by atoms with Gasteiger partial charge in [-0.3, -0.25) is 9.59 Å².